The summed E-state index contributed by atoms with van der Waals surface area (Å²) >= 11 is 1.20. The molecule has 1 aliphatic rings. The van der Waals surface area contributed by atoms with E-state index >= 15 is 0 Å². The predicted molar refractivity (Wildman–Crippen MR) is 132 cm³/mol. The van der Waals surface area contributed by atoms with Gasteiger partial charge in [0.2, 0.25) is 0 Å². The number of thiazole rings is 1. The number of ether oxygens (including phenoxy) is 1. The van der Waals surface area contributed by atoms with E-state index in [4.69, 9.17) is 4.74 Å². The molecule has 0 saturated heterocycles. The van der Waals surface area contributed by atoms with Crippen molar-refractivity contribution in [1.29, 1.82) is 0 Å². The molecular weight excluding hydrogens is 466 g/mol. The molecule has 2 amide bonds. The number of aliphatic carboxylic acids is 1. The van der Waals surface area contributed by atoms with Crippen molar-refractivity contribution in [2.75, 3.05) is 6.61 Å². The maximum absolute atomic E-state index is 12.5. The molecule has 2 aromatic carbocycles. The summed E-state index contributed by atoms with van der Waals surface area (Å²) in [6, 6.07) is 15.2. The molecular formula is C26H27N3O5S. The summed E-state index contributed by atoms with van der Waals surface area (Å²) in [6.45, 7) is 5.50. The Morgan fingerprint density at radius 3 is 2.23 bits per heavy atom. The lowest BCUT2D eigenvalue weighted by Crippen LogP contribution is -2.49. The lowest BCUT2D eigenvalue weighted by atomic mass is 9.87. The van der Waals surface area contributed by atoms with Gasteiger partial charge in [0.05, 0.1) is 6.54 Å². The van der Waals surface area contributed by atoms with E-state index in [0.29, 0.717) is 5.01 Å². The maximum atomic E-state index is 12.5. The smallest absolute Gasteiger partial charge is 0.407 e. The largest absolute Gasteiger partial charge is 0.480 e. The van der Waals surface area contributed by atoms with Gasteiger partial charge in [-0.05, 0) is 27.7 Å². The fourth-order valence-electron chi connectivity index (χ4n) is 4.15. The Balaban J connectivity index is 1.32. The molecule has 4 rings (SSSR count). The Kier molecular flexibility index (Phi) is 6.88. The van der Waals surface area contributed by atoms with Crippen LogP contribution in [0.4, 0.5) is 4.79 Å². The van der Waals surface area contributed by atoms with Gasteiger partial charge in [-0.2, -0.15) is 0 Å². The van der Waals surface area contributed by atoms with Gasteiger partial charge in [-0.15, -0.1) is 11.3 Å². The van der Waals surface area contributed by atoms with Crippen molar-refractivity contribution in [2.45, 2.75) is 39.3 Å². The zero-order valence-corrected chi connectivity index (χ0v) is 20.5. The monoisotopic (exact) mass is 493 g/mol. The third-order valence-corrected chi connectivity index (χ3v) is 6.75. The molecule has 1 unspecified atom stereocenters. The van der Waals surface area contributed by atoms with E-state index in [1.807, 2.05) is 24.3 Å². The van der Waals surface area contributed by atoms with Crippen LogP contribution in [0.1, 0.15) is 53.3 Å². The van der Waals surface area contributed by atoms with Crippen LogP contribution in [-0.2, 0) is 16.1 Å². The van der Waals surface area contributed by atoms with Crippen molar-refractivity contribution in [3.63, 3.8) is 0 Å². The zero-order valence-electron chi connectivity index (χ0n) is 19.7. The summed E-state index contributed by atoms with van der Waals surface area (Å²) in [5, 5.41) is 16.6. The minimum atomic E-state index is -1.11. The number of carbonyl (C=O) groups is 3. The van der Waals surface area contributed by atoms with E-state index < -0.39 is 29.4 Å². The highest BCUT2D eigenvalue weighted by molar-refractivity contribution is 7.09. The molecule has 1 heterocycles. The highest BCUT2D eigenvalue weighted by atomic mass is 32.1. The normalized spacial score (nSPS) is 13.5. The van der Waals surface area contributed by atoms with Gasteiger partial charge in [-0.3, -0.25) is 4.79 Å². The van der Waals surface area contributed by atoms with E-state index in [1.165, 1.54) is 16.7 Å². The molecule has 0 fully saturated rings. The van der Waals surface area contributed by atoms with E-state index in [1.54, 1.807) is 20.8 Å². The summed E-state index contributed by atoms with van der Waals surface area (Å²) in [5.74, 6) is -1.72. The van der Waals surface area contributed by atoms with Crippen molar-refractivity contribution in [2.24, 2.45) is 5.41 Å². The molecule has 8 nitrogen and oxygen atoms in total. The van der Waals surface area contributed by atoms with E-state index in [2.05, 4.69) is 39.9 Å². The second-order valence-electron chi connectivity index (χ2n) is 9.42. The zero-order chi connectivity index (χ0) is 25.2. The highest BCUT2D eigenvalue weighted by Crippen LogP contribution is 2.44. The van der Waals surface area contributed by atoms with Gasteiger partial charge in [0.15, 0.2) is 0 Å². The number of aromatic nitrogens is 1. The SMILES string of the molecule is CC(C)(C)C(NC(=O)c1csc(CNC(=O)OCC2c3ccccc3-c3ccccc32)n1)C(=O)O. The number of hydrogen-bond acceptors (Lipinski definition) is 6. The number of benzene rings is 2. The van der Waals surface area contributed by atoms with Crippen molar-refractivity contribution in [3.05, 3.63) is 75.7 Å². The van der Waals surface area contributed by atoms with Gasteiger partial charge in [0.1, 0.15) is 23.4 Å². The van der Waals surface area contributed by atoms with Crippen molar-refractivity contribution in [1.82, 2.24) is 15.6 Å². The first-order valence-corrected chi connectivity index (χ1v) is 12.1. The number of rotatable bonds is 7. The molecule has 0 spiro atoms. The second-order valence-corrected chi connectivity index (χ2v) is 10.4. The Bertz CT molecular complexity index is 1220. The fourth-order valence-corrected chi connectivity index (χ4v) is 4.86. The number of carboxylic acids is 1. The van der Waals surface area contributed by atoms with Crippen LogP contribution in [0.2, 0.25) is 0 Å². The number of amides is 2. The predicted octanol–water partition coefficient (Wildman–Crippen LogP) is 4.41. The van der Waals surface area contributed by atoms with Crippen LogP contribution in [0.5, 0.6) is 0 Å². The molecule has 0 bridgehead atoms. The van der Waals surface area contributed by atoms with Crippen molar-refractivity contribution < 1.29 is 24.2 Å². The van der Waals surface area contributed by atoms with Crippen molar-refractivity contribution in [3.8, 4) is 11.1 Å². The third-order valence-electron chi connectivity index (χ3n) is 5.90. The average molecular weight is 494 g/mol. The van der Waals surface area contributed by atoms with Crippen LogP contribution < -0.4 is 10.6 Å². The van der Waals surface area contributed by atoms with E-state index in [0.717, 1.165) is 22.3 Å². The Labute approximate surface area is 207 Å². The molecule has 3 N–H and O–H groups in total. The lowest BCUT2D eigenvalue weighted by Gasteiger charge is -2.27. The van der Waals surface area contributed by atoms with Crippen LogP contribution in [0.25, 0.3) is 11.1 Å². The van der Waals surface area contributed by atoms with Gasteiger partial charge in [-0.1, -0.05) is 69.3 Å². The molecule has 1 aliphatic carbocycles. The molecule has 182 valence electrons. The topological polar surface area (TPSA) is 118 Å². The quantitative estimate of drug-likeness (QED) is 0.449. The van der Waals surface area contributed by atoms with Gasteiger partial charge in [0.25, 0.3) is 5.91 Å². The number of nitrogens with zero attached hydrogens (tertiary/aromatic N) is 1. The number of carbonyl (C=O) groups excluding carboxylic acids is 2. The molecule has 1 aromatic heterocycles. The third kappa shape index (κ3) is 5.35. The molecule has 1 atom stereocenters. The molecule has 9 heteroatoms. The number of fused-ring (bicyclic) bond motifs is 3. The standard InChI is InChI=1S/C26H27N3O5S/c1-26(2,3)22(24(31)32)29-23(30)20-14-35-21(28-20)12-27-25(33)34-13-19-17-10-6-4-8-15(17)16-9-5-7-11-18(16)19/h4-11,14,19,22H,12-13H2,1-3H3,(H,27,33)(H,29,30)(H,31,32). The summed E-state index contributed by atoms with van der Waals surface area (Å²) in [5.41, 5.74) is 4.02. The van der Waals surface area contributed by atoms with Crippen LogP contribution in [0.3, 0.4) is 0 Å². The van der Waals surface area contributed by atoms with Gasteiger partial charge < -0.3 is 20.5 Å². The molecule has 3 aromatic rings. The van der Waals surface area contributed by atoms with Crippen LogP contribution in [0.15, 0.2) is 53.9 Å². The first kappa shape index (κ1) is 24.4. The summed E-state index contributed by atoms with van der Waals surface area (Å²) in [6.07, 6.45) is -0.577. The Morgan fingerprint density at radius 2 is 1.66 bits per heavy atom. The number of carboxylic acid groups (broad SMARTS) is 1. The molecule has 0 aliphatic heterocycles. The molecule has 0 radical (unpaired) electrons. The Morgan fingerprint density at radius 1 is 1.06 bits per heavy atom. The Hall–Kier alpha value is -3.72. The first-order chi connectivity index (χ1) is 16.6. The minimum absolute atomic E-state index is 0.0340. The number of nitrogens with one attached hydrogen (secondary N) is 2. The second kappa shape index (κ2) is 9.87. The van der Waals surface area contributed by atoms with E-state index in [9.17, 15) is 19.5 Å². The lowest BCUT2D eigenvalue weighted by molar-refractivity contribution is -0.142. The summed E-state index contributed by atoms with van der Waals surface area (Å²) in [4.78, 5) is 40.5. The fraction of sp³-hybridized carbons (Fsp3) is 0.308. The molecule has 35 heavy (non-hydrogen) atoms. The number of hydrogen-bond donors (Lipinski definition) is 3. The van der Waals surface area contributed by atoms with Crippen LogP contribution in [0, 0.1) is 5.41 Å². The number of alkyl carbamates (subject to hydrolysis) is 1. The molecule has 0 saturated carbocycles. The summed E-state index contributed by atoms with van der Waals surface area (Å²) in [7, 11) is 0. The maximum Gasteiger partial charge on any atom is 0.407 e. The summed E-state index contributed by atoms with van der Waals surface area (Å²) < 4.78 is 5.51. The highest BCUT2D eigenvalue weighted by Gasteiger charge is 2.33. The van der Waals surface area contributed by atoms with E-state index in [-0.39, 0.29) is 24.8 Å². The van der Waals surface area contributed by atoms with Gasteiger partial charge in [-0.25, -0.2) is 14.6 Å². The minimum Gasteiger partial charge on any atom is -0.480 e. The van der Waals surface area contributed by atoms with Gasteiger partial charge in [0, 0.05) is 11.3 Å². The van der Waals surface area contributed by atoms with Crippen molar-refractivity contribution >= 4 is 29.3 Å². The van der Waals surface area contributed by atoms with Crippen LogP contribution >= 0.6 is 11.3 Å². The first-order valence-electron chi connectivity index (χ1n) is 11.2. The van der Waals surface area contributed by atoms with Crippen LogP contribution in [-0.4, -0.2) is 40.7 Å². The average Bonchev–Trinajstić information content (AvgIpc) is 3.42. The van der Waals surface area contributed by atoms with Gasteiger partial charge >= 0.3 is 12.1 Å².